The molecule has 0 aromatic heterocycles. The Labute approximate surface area is 509 Å². The third-order valence-electron chi connectivity index (χ3n) is 14.8. The number of fused-ring (bicyclic) bond motifs is 3. The van der Waals surface area contributed by atoms with Crippen LogP contribution in [0.25, 0.3) is 32.3 Å². The summed E-state index contributed by atoms with van der Waals surface area (Å²) in [6.45, 7) is 0. The maximum absolute atomic E-state index is 12.9. The number of hydrogen-bond donors (Lipinski definition) is 6. The van der Waals surface area contributed by atoms with Gasteiger partial charge in [-0.05, 0) is 81.9 Å². The SMILES string of the molecule is COc1cc(C(c2ccccc2)c2cc(OC)c(/N=N/c3cc(S(=O)(=O)O)c4ccccc4c3O)c(C(c3ccccc3)c3ccc(/N=N/c4cc(S(=O)(=O)O)c5ccccc5c4O)c(OC)c3)c2)ccc1/N=N/c1cc(S(=O)(=O)O)c2ccccc2c1O. The summed E-state index contributed by atoms with van der Waals surface area (Å²) in [7, 11) is -10.2. The van der Waals surface area contributed by atoms with Crippen LogP contribution >= 0.6 is 0 Å². The fourth-order valence-corrected chi connectivity index (χ4v) is 12.9. The lowest BCUT2D eigenvalue weighted by Gasteiger charge is -2.26. The van der Waals surface area contributed by atoms with E-state index in [1.807, 2.05) is 66.7 Å². The summed E-state index contributed by atoms with van der Waals surface area (Å²) in [5.41, 5.74) is 3.27. The zero-order chi connectivity index (χ0) is 62.9. The Balaban J connectivity index is 1.11. The number of phenolic OH excluding ortho intramolecular Hbond substituents is 3. The van der Waals surface area contributed by atoms with Gasteiger partial charge in [-0.2, -0.15) is 25.3 Å². The molecule has 0 saturated carbocycles. The Morgan fingerprint density at radius 3 is 1.00 bits per heavy atom. The fourth-order valence-electron chi connectivity index (χ4n) is 10.8. The highest BCUT2D eigenvalue weighted by Gasteiger charge is 2.30. The van der Waals surface area contributed by atoms with Gasteiger partial charge < -0.3 is 29.5 Å². The summed E-state index contributed by atoms with van der Waals surface area (Å²) in [6.07, 6.45) is 0. The molecule has 448 valence electrons. The van der Waals surface area contributed by atoms with E-state index in [4.69, 9.17) is 19.3 Å². The number of benzene rings is 11. The average Bonchev–Trinajstić information content (AvgIpc) is 2.54. The molecule has 0 bridgehead atoms. The van der Waals surface area contributed by atoms with Crippen molar-refractivity contribution in [2.45, 2.75) is 26.5 Å². The van der Waals surface area contributed by atoms with Crippen molar-refractivity contribution in [2.24, 2.45) is 30.7 Å². The molecule has 0 aliphatic rings. The van der Waals surface area contributed by atoms with Crippen LogP contribution in [0.2, 0.25) is 0 Å². The summed E-state index contributed by atoms with van der Waals surface area (Å²) < 4.78 is 125. The molecule has 0 saturated heterocycles. The number of nitrogens with zero attached hydrogens (tertiary/aromatic N) is 6. The molecule has 24 heteroatoms. The number of azo groups is 3. The maximum Gasteiger partial charge on any atom is 0.295 e. The number of methoxy groups -OCH3 is 3. The minimum Gasteiger partial charge on any atom is -0.505 e. The van der Waals surface area contributed by atoms with Gasteiger partial charge in [0.25, 0.3) is 30.4 Å². The zero-order valence-electron chi connectivity index (χ0n) is 47.0. The Bertz CT molecular complexity index is 5070. The fraction of sp³-hybridized carbons (Fsp3) is 0.0769. The minimum absolute atomic E-state index is 0.0326. The van der Waals surface area contributed by atoms with Gasteiger partial charge in [0.15, 0.2) is 17.2 Å². The molecule has 0 fully saturated rings. The van der Waals surface area contributed by atoms with E-state index in [2.05, 4.69) is 25.6 Å². The van der Waals surface area contributed by atoms with Crippen LogP contribution in [0.15, 0.2) is 246 Å². The van der Waals surface area contributed by atoms with E-state index in [9.17, 15) is 54.2 Å². The number of rotatable bonds is 18. The van der Waals surface area contributed by atoms with E-state index < -0.39 is 68.4 Å². The van der Waals surface area contributed by atoms with Gasteiger partial charge in [-0.1, -0.05) is 152 Å². The van der Waals surface area contributed by atoms with E-state index in [1.165, 1.54) is 57.7 Å². The lowest BCUT2D eigenvalue weighted by atomic mass is 9.79. The summed E-state index contributed by atoms with van der Waals surface area (Å²) in [5.74, 6) is -2.20. The predicted octanol–water partition coefficient (Wildman–Crippen LogP) is 15.6. The molecule has 21 nitrogen and oxygen atoms in total. The molecule has 0 radical (unpaired) electrons. The van der Waals surface area contributed by atoms with Gasteiger partial charge in [-0.15, -0.1) is 30.7 Å². The van der Waals surface area contributed by atoms with Crippen LogP contribution in [0.5, 0.6) is 34.5 Å². The first kappa shape index (κ1) is 60.2. The molecule has 2 atom stereocenters. The molecule has 11 aromatic carbocycles. The van der Waals surface area contributed by atoms with E-state index in [-0.39, 0.29) is 89.4 Å². The standard InChI is InChI=1S/C65H50N6O15S3/c1-84-54-31-39(26-28-49(54)66-68-51-34-57(87(75,76)77)42-20-10-13-23-45(42)63(51)72)60(37-16-6-4-7-17-37)41-30-48(62(56(33-41)86-3)71-70-53-36-59(89(81,82)83)44-22-12-15-25-47(44)65(53)74)61(38-18-8-5-9-19-38)40-27-29-50(55(32-40)85-2)67-69-52-35-58(88(78,79)80)43-21-11-14-24-46(43)64(52)73/h4-36,60-61,72-74H,1-3H3,(H,75,76,77)(H,78,79,80)(H,81,82,83)/b68-66+,69-67+,71-70+. The third kappa shape index (κ3) is 12.1. The molecule has 0 amide bonds. The molecule has 0 aliphatic heterocycles. The second kappa shape index (κ2) is 24.4. The van der Waals surface area contributed by atoms with Gasteiger partial charge in [0.05, 0.1) is 21.3 Å². The molecule has 11 rings (SSSR count). The van der Waals surface area contributed by atoms with Gasteiger partial charge in [-0.25, -0.2) is 0 Å². The zero-order valence-corrected chi connectivity index (χ0v) is 49.4. The lowest BCUT2D eigenvalue weighted by molar-refractivity contribution is 0.414. The van der Waals surface area contributed by atoms with Crippen molar-refractivity contribution >= 4 is 96.8 Å². The van der Waals surface area contributed by atoms with Crippen molar-refractivity contribution in [1.82, 2.24) is 0 Å². The molecule has 6 N–H and O–H groups in total. The van der Waals surface area contributed by atoms with E-state index in [0.717, 1.165) is 23.8 Å². The molecule has 89 heavy (non-hydrogen) atoms. The van der Waals surface area contributed by atoms with Crippen molar-refractivity contribution in [3.63, 3.8) is 0 Å². The van der Waals surface area contributed by atoms with Crippen LogP contribution in [0.4, 0.5) is 34.1 Å². The Hall–Kier alpha value is -10.5. The Morgan fingerprint density at radius 2 is 0.629 bits per heavy atom. The monoisotopic (exact) mass is 1250 g/mol. The largest absolute Gasteiger partial charge is 0.505 e. The number of hydrogen-bond acceptors (Lipinski definition) is 18. The minimum atomic E-state index is -4.88. The van der Waals surface area contributed by atoms with E-state index in [0.29, 0.717) is 27.8 Å². The van der Waals surface area contributed by atoms with E-state index in [1.54, 1.807) is 78.9 Å². The number of ether oxygens (including phenoxy) is 3. The van der Waals surface area contributed by atoms with Gasteiger partial charge in [0.2, 0.25) is 0 Å². The second-order valence-corrected chi connectivity index (χ2v) is 24.3. The van der Waals surface area contributed by atoms with Crippen LogP contribution in [-0.4, -0.2) is 75.6 Å². The molecule has 2 unspecified atom stereocenters. The average molecular weight is 1250 g/mol. The first-order valence-electron chi connectivity index (χ1n) is 26.8. The first-order valence-corrected chi connectivity index (χ1v) is 31.1. The van der Waals surface area contributed by atoms with Crippen LogP contribution in [-0.2, 0) is 30.4 Å². The van der Waals surface area contributed by atoms with Crippen molar-refractivity contribution < 1.29 is 68.4 Å². The summed E-state index contributed by atoms with van der Waals surface area (Å²) in [6, 6.07) is 53.6. The number of aromatic hydroxyl groups is 3. The molecule has 0 heterocycles. The number of phenols is 3. The van der Waals surface area contributed by atoms with Crippen LogP contribution in [0.3, 0.4) is 0 Å². The van der Waals surface area contributed by atoms with Crippen molar-refractivity contribution in [3.8, 4) is 34.5 Å². The summed E-state index contributed by atoms with van der Waals surface area (Å²) >= 11 is 0. The topological polar surface area (TPSA) is 326 Å². The smallest absolute Gasteiger partial charge is 0.295 e. The maximum atomic E-state index is 12.9. The van der Waals surface area contributed by atoms with Crippen LogP contribution in [0.1, 0.15) is 45.2 Å². The van der Waals surface area contributed by atoms with Crippen LogP contribution < -0.4 is 14.2 Å². The quantitative estimate of drug-likeness (QED) is 0.0264. The van der Waals surface area contributed by atoms with Crippen molar-refractivity contribution in [1.29, 1.82) is 0 Å². The van der Waals surface area contributed by atoms with Crippen molar-refractivity contribution in [3.05, 3.63) is 234 Å². The predicted molar refractivity (Wildman–Crippen MR) is 333 cm³/mol. The van der Waals surface area contributed by atoms with E-state index >= 15 is 0 Å². The van der Waals surface area contributed by atoms with Gasteiger partial charge in [-0.3, -0.25) is 13.7 Å². The highest BCUT2D eigenvalue weighted by Crippen LogP contribution is 2.50. The Kier molecular flexibility index (Phi) is 16.5. The molecule has 0 aliphatic carbocycles. The summed E-state index contributed by atoms with van der Waals surface area (Å²) in [4.78, 5) is -1.52. The molecule has 0 spiro atoms. The summed E-state index contributed by atoms with van der Waals surface area (Å²) in [5, 5.41) is 61.2. The van der Waals surface area contributed by atoms with Gasteiger partial charge >= 0.3 is 0 Å². The normalized spacial score (nSPS) is 13.0. The molecular formula is C65H50N6O15S3. The molecule has 11 aromatic rings. The van der Waals surface area contributed by atoms with Gasteiger partial charge in [0, 0.05) is 44.2 Å². The highest BCUT2D eigenvalue weighted by atomic mass is 32.2. The molecular weight excluding hydrogens is 1200 g/mol. The third-order valence-corrected chi connectivity index (χ3v) is 17.5. The Morgan fingerprint density at radius 1 is 0.315 bits per heavy atom. The first-order chi connectivity index (χ1) is 42.7. The van der Waals surface area contributed by atoms with Crippen molar-refractivity contribution in [2.75, 3.05) is 21.3 Å². The van der Waals surface area contributed by atoms with Crippen LogP contribution in [0, 0.1) is 0 Å². The second-order valence-electron chi connectivity index (χ2n) is 20.1. The lowest BCUT2D eigenvalue weighted by Crippen LogP contribution is -2.09. The highest BCUT2D eigenvalue weighted by molar-refractivity contribution is 7.86. The van der Waals surface area contributed by atoms with Gasteiger partial charge in [0.1, 0.15) is 66.1 Å².